The van der Waals surface area contributed by atoms with Crippen LogP contribution >= 0.6 is 11.3 Å². The summed E-state index contributed by atoms with van der Waals surface area (Å²) in [6, 6.07) is 4.31. The van der Waals surface area contributed by atoms with Gasteiger partial charge in [-0.05, 0) is 29.3 Å². The number of nitriles is 1. The maximum Gasteiger partial charge on any atom is 0.164 e. The lowest BCUT2D eigenvalue weighted by Gasteiger charge is -2.41. The van der Waals surface area contributed by atoms with Crippen molar-refractivity contribution in [3.05, 3.63) is 33.2 Å². The van der Waals surface area contributed by atoms with Gasteiger partial charge in [0.05, 0.1) is 6.07 Å². The van der Waals surface area contributed by atoms with Crippen molar-refractivity contribution >= 4 is 17.1 Å². The van der Waals surface area contributed by atoms with Crippen molar-refractivity contribution in [3.63, 3.8) is 0 Å². The summed E-state index contributed by atoms with van der Waals surface area (Å²) in [6.45, 7) is 6.14. The van der Waals surface area contributed by atoms with Crippen LogP contribution in [0.5, 0.6) is 0 Å². The maximum absolute atomic E-state index is 12.7. The molecule has 3 atom stereocenters. The lowest BCUT2D eigenvalue weighted by Crippen LogP contribution is -2.44. The summed E-state index contributed by atoms with van der Waals surface area (Å²) in [5.74, 6) is -0.00114. The molecule has 5 heteroatoms. The van der Waals surface area contributed by atoms with E-state index in [4.69, 9.17) is 10.5 Å². The van der Waals surface area contributed by atoms with Gasteiger partial charge in [-0.1, -0.05) is 13.8 Å². The minimum atomic E-state index is -0.683. The average Bonchev–Trinajstić information content (AvgIpc) is 2.82. The standard InChI is InChI=1S/C17H20N2O2S/c1-9-4-13(22-8-9)14-10(7-18)16(19)21-12-6-17(2,3)5-11(20)15(12)14/h4,8,10,14,16H,5-6,19H2,1-3H3. The van der Waals surface area contributed by atoms with E-state index >= 15 is 0 Å². The van der Waals surface area contributed by atoms with Crippen LogP contribution < -0.4 is 5.73 Å². The van der Waals surface area contributed by atoms with Crippen LogP contribution in [0.2, 0.25) is 0 Å². The first-order valence-electron chi connectivity index (χ1n) is 7.45. The molecule has 22 heavy (non-hydrogen) atoms. The Morgan fingerprint density at radius 3 is 2.77 bits per heavy atom. The molecule has 1 aromatic heterocycles. The molecule has 0 amide bonds. The molecule has 1 aliphatic heterocycles. The fourth-order valence-electron chi connectivity index (χ4n) is 3.42. The Morgan fingerprint density at radius 2 is 2.18 bits per heavy atom. The fourth-order valence-corrected chi connectivity index (χ4v) is 4.48. The number of carbonyl (C=O) groups excluding carboxylic acids is 1. The third-order valence-corrected chi connectivity index (χ3v) is 5.52. The molecule has 1 aromatic rings. The van der Waals surface area contributed by atoms with Crippen LogP contribution in [0.15, 0.2) is 22.8 Å². The molecule has 0 aromatic carbocycles. The molecule has 1 aliphatic carbocycles. The van der Waals surface area contributed by atoms with Gasteiger partial charge in [0.2, 0.25) is 0 Å². The Bertz CT molecular complexity index is 696. The maximum atomic E-state index is 12.7. The van der Waals surface area contributed by atoms with Crippen molar-refractivity contribution in [3.8, 4) is 6.07 Å². The summed E-state index contributed by atoms with van der Waals surface area (Å²) in [5, 5.41) is 11.6. The molecule has 0 saturated carbocycles. The van der Waals surface area contributed by atoms with E-state index < -0.39 is 12.1 Å². The van der Waals surface area contributed by atoms with Crippen molar-refractivity contribution in [1.82, 2.24) is 0 Å². The van der Waals surface area contributed by atoms with Gasteiger partial charge in [0.15, 0.2) is 12.0 Å². The predicted octanol–water partition coefficient (Wildman–Crippen LogP) is 3.24. The zero-order chi connectivity index (χ0) is 16.1. The number of nitrogens with two attached hydrogens (primary N) is 1. The second-order valence-corrected chi connectivity index (χ2v) is 7.96. The van der Waals surface area contributed by atoms with Crippen LogP contribution in [-0.2, 0) is 9.53 Å². The topological polar surface area (TPSA) is 76.1 Å². The third-order valence-electron chi connectivity index (χ3n) is 4.39. The van der Waals surface area contributed by atoms with Gasteiger partial charge in [-0.15, -0.1) is 11.3 Å². The largest absolute Gasteiger partial charge is 0.478 e. The third kappa shape index (κ3) is 2.47. The number of hydrogen-bond donors (Lipinski definition) is 1. The van der Waals surface area contributed by atoms with E-state index in [1.807, 2.05) is 12.3 Å². The van der Waals surface area contributed by atoms with Gasteiger partial charge >= 0.3 is 0 Å². The van der Waals surface area contributed by atoms with Crippen LogP contribution in [0.3, 0.4) is 0 Å². The van der Waals surface area contributed by atoms with E-state index in [-0.39, 0.29) is 17.1 Å². The summed E-state index contributed by atoms with van der Waals surface area (Å²) >= 11 is 1.59. The highest BCUT2D eigenvalue weighted by Crippen LogP contribution is 2.49. The molecular formula is C17H20N2O2S. The molecule has 2 aliphatic rings. The Labute approximate surface area is 134 Å². The summed E-state index contributed by atoms with van der Waals surface area (Å²) in [7, 11) is 0. The highest BCUT2D eigenvalue weighted by Gasteiger charge is 2.47. The molecule has 3 unspecified atom stereocenters. The number of hydrogen-bond acceptors (Lipinski definition) is 5. The minimum absolute atomic E-state index is 0.0921. The Balaban J connectivity index is 2.14. The highest BCUT2D eigenvalue weighted by molar-refractivity contribution is 7.10. The van der Waals surface area contributed by atoms with Crippen LogP contribution in [0.4, 0.5) is 0 Å². The number of thiophene rings is 1. The van der Waals surface area contributed by atoms with E-state index in [1.54, 1.807) is 11.3 Å². The monoisotopic (exact) mass is 316 g/mol. The van der Waals surface area contributed by atoms with Crippen LogP contribution in [0, 0.1) is 29.6 Å². The van der Waals surface area contributed by atoms with Gasteiger partial charge in [-0.2, -0.15) is 5.26 Å². The lowest BCUT2D eigenvalue weighted by atomic mass is 9.69. The van der Waals surface area contributed by atoms with Crippen LogP contribution in [0.25, 0.3) is 0 Å². The zero-order valence-corrected chi connectivity index (χ0v) is 13.9. The van der Waals surface area contributed by atoms with Crippen molar-refractivity contribution < 1.29 is 9.53 Å². The first kappa shape index (κ1) is 15.3. The number of ether oxygens (including phenoxy) is 1. The van der Waals surface area contributed by atoms with Gasteiger partial charge in [-0.25, -0.2) is 0 Å². The molecule has 2 N–H and O–H groups in total. The average molecular weight is 316 g/mol. The number of carbonyl (C=O) groups is 1. The van der Waals surface area contributed by atoms with Crippen LogP contribution in [-0.4, -0.2) is 12.0 Å². The molecule has 0 saturated heterocycles. The first-order valence-corrected chi connectivity index (χ1v) is 8.33. The van der Waals surface area contributed by atoms with E-state index in [2.05, 4.69) is 26.0 Å². The Kier molecular flexibility index (Phi) is 3.62. The number of Topliss-reactive ketones (excluding diaryl/α,β-unsaturated/α-hetero) is 1. The lowest BCUT2D eigenvalue weighted by molar-refractivity contribution is -0.120. The summed E-state index contributed by atoms with van der Waals surface area (Å²) in [5.41, 5.74) is 7.78. The number of ketones is 1. The van der Waals surface area contributed by atoms with E-state index in [1.165, 1.54) is 0 Å². The second kappa shape index (κ2) is 5.22. The Hall–Kier alpha value is -1.64. The zero-order valence-electron chi connectivity index (χ0n) is 13.1. The number of nitrogens with zero attached hydrogens (tertiary/aromatic N) is 1. The van der Waals surface area contributed by atoms with Crippen LogP contribution in [0.1, 0.15) is 43.0 Å². The smallest absolute Gasteiger partial charge is 0.164 e. The van der Waals surface area contributed by atoms with E-state index in [0.717, 1.165) is 10.4 Å². The molecule has 2 heterocycles. The highest BCUT2D eigenvalue weighted by atomic mass is 32.1. The van der Waals surface area contributed by atoms with Crippen molar-refractivity contribution in [1.29, 1.82) is 5.26 Å². The van der Waals surface area contributed by atoms with E-state index in [9.17, 15) is 10.1 Å². The molecule has 116 valence electrons. The Morgan fingerprint density at radius 1 is 1.45 bits per heavy atom. The normalized spacial score (nSPS) is 30.5. The van der Waals surface area contributed by atoms with Crippen molar-refractivity contribution in [2.45, 2.75) is 45.8 Å². The number of aryl methyl sites for hydroxylation is 1. The number of allylic oxidation sites excluding steroid dienone is 2. The second-order valence-electron chi connectivity index (χ2n) is 7.02. The van der Waals surface area contributed by atoms with Crippen molar-refractivity contribution in [2.75, 3.05) is 0 Å². The molecule has 4 nitrogen and oxygen atoms in total. The fraction of sp³-hybridized carbons (Fsp3) is 0.529. The molecule has 0 fully saturated rings. The van der Waals surface area contributed by atoms with Gasteiger partial charge < -0.3 is 4.74 Å². The molecule has 3 rings (SSSR count). The van der Waals surface area contributed by atoms with E-state index in [0.29, 0.717) is 24.2 Å². The number of rotatable bonds is 1. The van der Waals surface area contributed by atoms with Crippen molar-refractivity contribution in [2.24, 2.45) is 17.1 Å². The molecule has 0 spiro atoms. The molecule has 0 radical (unpaired) electrons. The molecular weight excluding hydrogens is 296 g/mol. The first-order chi connectivity index (χ1) is 10.3. The van der Waals surface area contributed by atoms with Gasteiger partial charge in [0.25, 0.3) is 0 Å². The van der Waals surface area contributed by atoms with Gasteiger partial charge in [0.1, 0.15) is 11.7 Å². The SMILES string of the molecule is Cc1csc(C2C3=C(CC(C)(C)CC3=O)OC(N)C2C#N)c1. The quantitative estimate of drug-likeness (QED) is 0.863. The predicted molar refractivity (Wildman–Crippen MR) is 85.0 cm³/mol. The minimum Gasteiger partial charge on any atom is -0.478 e. The molecule has 0 bridgehead atoms. The summed E-state index contributed by atoms with van der Waals surface area (Å²) in [6.07, 6.45) is 0.502. The summed E-state index contributed by atoms with van der Waals surface area (Å²) in [4.78, 5) is 13.8. The van der Waals surface area contributed by atoms with Gasteiger partial charge in [-0.3, -0.25) is 10.5 Å². The summed E-state index contributed by atoms with van der Waals surface area (Å²) < 4.78 is 5.78. The van der Waals surface area contributed by atoms with Gasteiger partial charge in [0, 0.05) is 29.2 Å².